The molecule has 0 saturated heterocycles. The van der Waals surface area contributed by atoms with E-state index in [1.165, 1.54) is 12.8 Å². The van der Waals surface area contributed by atoms with Gasteiger partial charge in [0.1, 0.15) is 0 Å². The highest BCUT2D eigenvalue weighted by Gasteiger charge is 2.34. The van der Waals surface area contributed by atoms with E-state index in [0.29, 0.717) is 19.3 Å². The summed E-state index contributed by atoms with van der Waals surface area (Å²) in [5.74, 6) is 0. The number of rotatable bonds is 7. The van der Waals surface area contributed by atoms with Crippen LogP contribution in [-0.4, -0.2) is 46.7 Å². The summed E-state index contributed by atoms with van der Waals surface area (Å²) in [7, 11) is 0. The molecule has 0 heterocycles. The summed E-state index contributed by atoms with van der Waals surface area (Å²) in [5.41, 5.74) is -1.28. The lowest BCUT2D eigenvalue weighted by atomic mass is 9.86. The Labute approximate surface area is 111 Å². The summed E-state index contributed by atoms with van der Waals surface area (Å²) in [5, 5.41) is 23.0. The molecule has 0 radical (unpaired) electrons. The van der Waals surface area contributed by atoms with Gasteiger partial charge in [-0.1, -0.05) is 12.8 Å². The smallest absolute Gasteiger partial charge is 0.0898 e. The molecule has 1 aliphatic carbocycles. The van der Waals surface area contributed by atoms with Crippen LogP contribution in [0.4, 0.5) is 0 Å². The van der Waals surface area contributed by atoms with E-state index in [2.05, 4.69) is 5.32 Å². The Kier molecular flexibility index (Phi) is 5.59. The topological polar surface area (TPSA) is 61.7 Å². The minimum Gasteiger partial charge on any atom is -0.389 e. The molecule has 4 nitrogen and oxygen atoms in total. The average Bonchev–Trinajstić information content (AvgIpc) is 2.74. The summed E-state index contributed by atoms with van der Waals surface area (Å²) in [4.78, 5) is 0. The summed E-state index contributed by atoms with van der Waals surface area (Å²) < 4.78 is 5.66. The van der Waals surface area contributed by atoms with Crippen molar-refractivity contribution in [2.75, 3.05) is 13.2 Å². The second kappa shape index (κ2) is 6.33. The van der Waals surface area contributed by atoms with Crippen LogP contribution in [0, 0.1) is 0 Å². The zero-order valence-corrected chi connectivity index (χ0v) is 12.2. The molecular weight excluding hydrogens is 230 g/mol. The molecule has 108 valence electrons. The first kappa shape index (κ1) is 15.9. The van der Waals surface area contributed by atoms with Crippen LogP contribution in [0.2, 0.25) is 0 Å². The van der Waals surface area contributed by atoms with Crippen LogP contribution >= 0.6 is 0 Å². The van der Waals surface area contributed by atoms with Gasteiger partial charge in [-0.15, -0.1) is 0 Å². The first-order valence-electron chi connectivity index (χ1n) is 6.99. The Hall–Kier alpha value is -0.160. The first-order chi connectivity index (χ1) is 8.22. The fourth-order valence-electron chi connectivity index (χ4n) is 1.95. The summed E-state index contributed by atoms with van der Waals surface area (Å²) in [6.07, 6.45) is 4.54. The van der Waals surface area contributed by atoms with Crippen LogP contribution in [0.3, 0.4) is 0 Å². The monoisotopic (exact) mass is 259 g/mol. The SMILES string of the molecule is CC(C)(O)C(C)(C)NCC(O)COC1CCCC1. The van der Waals surface area contributed by atoms with Crippen molar-refractivity contribution in [3.63, 3.8) is 0 Å². The molecule has 0 spiro atoms. The number of hydrogen-bond acceptors (Lipinski definition) is 4. The third kappa shape index (κ3) is 4.84. The molecule has 1 aliphatic rings. The predicted octanol–water partition coefficient (Wildman–Crippen LogP) is 1.45. The van der Waals surface area contributed by atoms with E-state index < -0.39 is 17.2 Å². The molecule has 0 aromatic carbocycles. The minimum absolute atomic E-state index is 0.335. The van der Waals surface area contributed by atoms with Crippen LogP contribution in [0.15, 0.2) is 0 Å². The van der Waals surface area contributed by atoms with Gasteiger partial charge in [-0.25, -0.2) is 0 Å². The van der Waals surface area contributed by atoms with Crippen LogP contribution in [0.1, 0.15) is 53.4 Å². The van der Waals surface area contributed by atoms with Crippen molar-refractivity contribution in [1.29, 1.82) is 0 Å². The van der Waals surface area contributed by atoms with E-state index in [-0.39, 0.29) is 0 Å². The van der Waals surface area contributed by atoms with E-state index in [1.54, 1.807) is 13.8 Å². The standard InChI is InChI=1S/C14H29NO3/c1-13(2,14(3,4)17)15-9-11(16)10-18-12-7-5-6-8-12/h11-12,15-17H,5-10H2,1-4H3. The normalized spacial score (nSPS) is 20.3. The first-order valence-corrected chi connectivity index (χ1v) is 6.99. The molecule has 3 N–H and O–H groups in total. The Morgan fingerprint density at radius 1 is 1.22 bits per heavy atom. The van der Waals surface area contributed by atoms with Gasteiger partial charge in [-0.3, -0.25) is 0 Å². The van der Waals surface area contributed by atoms with Gasteiger partial charge in [-0.05, 0) is 40.5 Å². The van der Waals surface area contributed by atoms with Crippen LogP contribution in [0.5, 0.6) is 0 Å². The number of aliphatic hydroxyl groups is 2. The average molecular weight is 259 g/mol. The number of β-amino-alcohol motifs (C(OH)–C–C–N with tert-alkyl or cyclic N) is 1. The molecule has 0 bridgehead atoms. The van der Waals surface area contributed by atoms with Gasteiger partial charge in [0.05, 0.1) is 24.4 Å². The maximum atomic E-state index is 9.99. The van der Waals surface area contributed by atoms with E-state index in [0.717, 1.165) is 12.8 Å². The number of nitrogens with one attached hydrogen (secondary N) is 1. The lowest BCUT2D eigenvalue weighted by Crippen LogP contribution is -2.57. The van der Waals surface area contributed by atoms with Crippen molar-refractivity contribution in [3.05, 3.63) is 0 Å². The molecule has 0 aromatic heterocycles. The zero-order chi connectivity index (χ0) is 13.8. The molecular formula is C14H29NO3. The third-order valence-corrected chi connectivity index (χ3v) is 4.14. The van der Waals surface area contributed by atoms with Crippen molar-refractivity contribution >= 4 is 0 Å². The quantitative estimate of drug-likeness (QED) is 0.647. The van der Waals surface area contributed by atoms with Crippen molar-refractivity contribution < 1.29 is 14.9 Å². The van der Waals surface area contributed by atoms with Crippen LogP contribution < -0.4 is 5.32 Å². The Morgan fingerprint density at radius 3 is 2.28 bits per heavy atom. The Morgan fingerprint density at radius 2 is 1.78 bits per heavy atom. The highest BCUT2D eigenvalue weighted by molar-refractivity contribution is 4.93. The lowest BCUT2D eigenvalue weighted by molar-refractivity contribution is -0.0286. The molecule has 4 heteroatoms. The van der Waals surface area contributed by atoms with Gasteiger partial charge in [0.15, 0.2) is 0 Å². The van der Waals surface area contributed by atoms with E-state index >= 15 is 0 Å². The largest absolute Gasteiger partial charge is 0.389 e. The molecule has 0 amide bonds. The molecule has 1 fully saturated rings. The lowest BCUT2D eigenvalue weighted by Gasteiger charge is -2.38. The van der Waals surface area contributed by atoms with Gasteiger partial charge in [0.25, 0.3) is 0 Å². The van der Waals surface area contributed by atoms with E-state index in [1.807, 2.05) is 13.8 Å². The maximum absolute atomic E-state index is 9.99. The summed E-state index contributed by atoms with van der Waals surface area (Å²) in [6.45, 7) is 8.20. The highest BCUT2D eigenvalue weighted by atomic mass is 16.5. The molecule has 0 aromatic rings. The minimum atomic E-state index is -0.834. The Bertz CT molecular complexity index is 242. The van der Waals surface area contributed by atoms with Crippen molar-refractivity contribution in [2.24, 2.45) is 0 Å². The van der Waals surface area contributed by atoms with Crippen molar-refractivity contribution in [2.45, 2.75) is 76.7 Å². The molecule has 1 saturated carbocycles. The second-order valence-electron chi connectivity index (χ2n) is 6.46. The molecule has 0 aliphatic heterocycles. The van der Waals surface area contributed by atoms with Gasteiger partial charge >= 0.3 is 0 Å². The predicted molar refractivity (Wildman–Crippen MR) is 72.6 cm³/mol. The number of ether oxygens (including phenoxy) is 1. The van der Waals surface area contributed by atoms with E-state index in [9.17, 15) is 10.2 Å². The Balaban J connectivity index is 2.21. The molecule has 1 unspecified atom stereocenters. The maximum Gasteiger partial charge on any atom is 0.0898 e. The molecule has 1 atom stereocenters. The molecule has 1 rings (SSSR count). The number of aliphatic hydroxyl groups excluding tert-OH is 1. The summed E-state index contributed by atoms with van der Waals surface area (Å²) >= 11 is 0. The van der Waals surface area contributed by atoms with Crippen LogP contribution in [0.25, 0.3) is 0 Å². The fraction of sp³-hybridized carbons (Fsp3) is 1.00. The zero-order valence-electron chi connectivity index (χ0n) is 12.2. The van der Waals surface area contributed by atoms with Gasteiger partial charge < -0.3 is 20.3 Å². The van der Waals surface area contributed by atoms with Gasteiger partial charge in [0, 0.05) is 12.1 Å². The van der Waals surface area contributed by atoms with Crippen molar-refractivity contribution in [3.8, 4) is 0 Å². The second-order valence-corrected chi connectivity index (χ2v) is 6.46. The molecule has 18 heavy (non-hydrogen) atoms. The van der Waals surface area contributed by atoms with Gasteiger partial charge in [-0.2, -0.15) is 0 Å². The highest BCUT2D eigenvalue weighted by Crippen LogP contribution is 2.22. The fourth-order valence-corrected chi connectivity index (χ4v) is 1.95. The number of hydrogen-bond donors (Lipinski definition) is 3. The van der Waals surface area contributed by atoms with E-state index in [4.69, 9.17) is 4.74 Å². The van der Waals surface area contributed by atoms with Crippen molar-refractivity contribution in [1.82, 2.24) is 5.32 Å². The third-order valence-electron chi connectivity index (χ3n) is 4.14. The van der Waals surface area contributed by atoms with Gasteiger partial charge in [0.2, 0.25) is 0 Å². The summed E-state index contributed by atoms with van der Waals surface area (Å²) in [6, 6.07) is 0. The van der Waals surface area contributed by atoms with Crippen LogP contribution in [-0.2, 0) is 4.74 Å².